The first-order valence-electron chi connectivity index (χ1n) is 9.67. The monoisotopic (exact) mass is 421 g/mol. The van der Waals surface area contributed by atoms with Crippen LogP contribution < -0.4 is 5.56 Å². The molecule has 0 spiro atoms. The van der Waals surface area contributed by atoms with Crippen LogP contribution in [0.3, 0.4) is 0 Å². The van der Waals surface area contributed by atoms with E-state index >= 15 is 0 Å². The maximum absolute atomic E-state index is 14.1. The van der Waals surface area contributed by atoms with Gasteiger partial charge in [-0.1, -0.05) is 55.9 Å². The molecule has 3 rings (SSSR count). The molecule has 0 atom stereocenters. The molecule has 2 heterocycles. The van der Waals surface area contributed by atoms with E-state index in [2.05, 4.69) is 36.2 Å². The Bertz CT molecular complexity index is 1200. The fourth-order valence-electron chi connectivity index (χ4n) is 2.92. The quantitative estimate of drug-likeness (QED) is 0.359. The van der Waals surface area contributed by atoms with Crippen LogP contribution in [-0.2, 0) is 13.1 Å². The van der Waals surface area contributed by atoms with Crippen molar-refractivity contribution in [2.75, 3.05) is 0 Å². The molecule has 0 amide bonds. The van der Waals surface area contributed by atoms with E-state index < -0.39 is 19.5 Å². The number of carbonyl (C=O) groups is 1. The zero-order valence-electron chi connectivity index (χ0n) is 17.6. The third-order valence-electron chi connectivity index (χ3n) is 4.52. The predicted molar refractivity (Wildman–Crippen MR) is 118 cm³/mol. The summed E-state index contributed by atoms with van der Waals surface area (Å²) >= 11 is 0. The molecule has 0 saturated carbocycles. The van der Waals surface area contributed by atoms with Crippen molar-refractivity contribution in [2.24, 2.45) is 0 Å². The Balaban J connectivity index is 1.85. The van der Waals surface area contributed by atoms with Gasteiger partial charge in [0, 0.05) is 17.5 Å². The first-order valence-corrected chi connectivity index (χ1v) is 13.2. The summed E-state index contributed by atoms with van der Waals surface area (Å²) in [6.45, 7) is 8.30. The smallest absolute Gasteiger partial charge is 0.287 e. The Kier molecular flexibility index (Phi) is 6.18. The van der Waals surface area contributed by atoms with Crippen molar-refractivity contribution in [2.45, 2.75) is 39.7 Å². The van der Waals surface area contributed by atoms with E-state index in [-0.39, 0.29) is 12.3 Å². The van der Waals surface area contributed by atoms with Crippen molar-refractivity contribution < 1.29 is 9.18 Å². The van der Waals surface area contributed by atoms with Crippen LogP contribution in [0.2, 0.25) is 19.6 Å². The van der Waals surface area contributed by atoms with Crippen molar-refractivity contribution >= 4 is 13.9 Å². The normalized spacial score (nSPS) is 11.1. The molecule has 0 bridgehead atoms. The topological polar surface area (TPSA) is 56.9 Å². The van der Waals surface area contributed by atoms with E-state index in [0.29, 0.717) is 23.4 Å². The van der Waals surface area contributed by atoms with E-state index in [4.69, 9.17) is 0 Å². The average Bonchev–Trinajstić information content (AvgIpc) is 3.04. The van der Waals surface area contributed by atoms with Crippen LogP contribution in [0.5, 0.6) is 0 Å². The fraction of sp³-hybridized carbons (Fsp3) is 0.261. The van der Waals surface area contributed by atoms with Crippen molar-refractivity contribution in [3.8, 4) is 11.5 Å². The van der Waals surface area contributed by atoms with Gasteiger partial charge in [-0.3, -0.25) is 14.3 Å². The third kappa shape index (κ3) is 5.22. The predicted octanol–water partition coefficient (Wildman–Crippen LogP) is 3.65. The van der Waals surface area contributed by atoms with Crippen LogP contribution in [0.4, 0.5) is 4.39 Å². The molecule has 0 aliphatic heterocycles. The number of pyridine rings is 1. The SMILES string of the molecule is Cc1c(C(=O)Cn2cc(C#C[Si](C)(C)C)cc(F)c2=O)cnn1Cc1ccccc1. The average molecular weight is 422 g/mol. The van der Waals surface area contributed by atoms with Crippen LogP contribution in [0.1, 0.15) is 27.2 Å². The van der Waals surface area contributed by atoms with E-state index in [1.165, 1.54) is 12.4 Å². The molecule has 0 radical (unpaired) electrons. The summed E-state index contributed by atoms with van der Waals surface area (Å²) in [6, 6.07) is 10.9. The molecule has 0 aliphatic rings. The van der Waals surface area contributed by atoms with Crippen molar-refractivity contribution in [1.82, 2.24) is 14.3 Å². The third-order valence-corrected chi connectivity index (χ3v) is 5.39. The Hall–Kier alpha value is -3.24. The molecule has 0 unspecified atom stereocenters. The summed E-state index contributed by atoms with van der Waals surface area (Å²) in [4.78, 5) is 25.0. The van der Waals surface area contributed by atoms with Crippen LogP contribution in [0.25, 0.3) is 0 Å². The van der Waals surface area contributed by atoms with Gasteiger partial charge in [0.2, 0.25) is 0 Å². The Morgan fingerprint density at radius 2 is 1.90 bits per heavy atom. The standard InChI is InChI=1S/C23H24FN3O2Si/c1-17-20(13-25-27(17)15-18-8-6-5-7-9-18)22(28)16-26-14-19(10-11-30(2,3)4)12-21(24)23(26)29/h5-9,12-14H,15-16H2,1-4H3. The number of hydrogen-bond donors (Lipinski definition) is 0. The molecule has 0 N–H and O–H groups in total. The van der Waals surface area contributed by atoms with Gasteiger partial charge in [-0.05, 0) is 18.6 Å². The van der Waals surface area contributed by atoms with Gasteiger partial charge in [-0.2, -0.15) is 5.10 Å². The van der Waals surface area contributed by atoms with Gasteiger partial charge >= 0.3 is 0 Å². The van der Waals surface area contributed by atoms with Crippen molar-refractivity contribution in [3.63, 3.8) is 0 Å². The summed E-state index contributed by atoms with van der Waals surface area (Å²) in [5, 5.41) is 4.30. The van der Waals surface area contributed by atoms with Gasteiger partial charge in [-0.15, -0.1) is 5.54 Å². The summed E-state index contributed by atoms with van der Waals surface area (Å²) in [7, 11) is -1.66. The molecular weight excluding hydrogens is 397 g/mol. The minimum Gasteiger partial charge on any atom is -0.304 e. The first kappa shape index (κ1) is 21.5. The molecule has 0 saturated heterocycles. The molecule has 2 aromatic heterocycles. The second kappa shape index (κ2) is 8.64. The van der Waals surface area contributed by atoms with Gasteiger partial charge in [0.25, 0.3) is 5.56 Å². The molecular formula is C23H24FN3O2Si. The van der Waals surface area contributed by atoms with Gasteiger partial charge in [0.15, 0.2) is 11.6 Å². The largest absolute Gasteiger partial charge is 0.304 e. The molecule has 30 heavy (non-hydrogen) atoms. The number of rotatable bonds is 5. The zero-order valence-corrected chi connectivity index (χ0v) is 18.6. The van der Waals surface area contributed by atoms with Crippen LogP contribution in [0, 0.1) is 24.2 Å². The number of benzene rings is 1. The molecule has 5 nitrogen and oxygen atoms in total. The molecule has 3 aromatic rings. The lowest BCUT2D eigenvalue weighted by Gasteiger charge is -2.08. The van der Waals surface area contributed by atoms with Gasteiger partial charge in [0.1, 0.15) is 8.07 Å². The lowest BCUT2D eigenvalue weighted by molar-refractivity contribution is 0.0969. The Labute approximate surface area is 176 Å². The molecule has 1 aromatic carbocycles. The molecule has 0 aliphatic carbocycles. The Morgan fingerprint density at radius 1 is 1.20 bits per heavy atom. The summed E-state index contributed by atoms with van der Waals surface area (Å²) in [6.07, 6.45) is 2.94. The van der Waals surface area contributed by atoms with Crippen LogP contribution in [0.15, 0.2) is 53.6 Å². The number of carbonyl (C=O) groups excluding carboxylic acids is 1. The number of halogens is 1. The highest BCUT2D eigenvalue weighted by Crippen LogP contribution is 2.12. The summed E-state index contributed by atoms with van der Waals surface area (Å²) < 4.78 is 16.9. The van der Waals surface area contributed by atoms with E-state index in [0.717, 1.165) is 16.2 Å². The molecule has 0 fully saturated rings. The number of ketones is 1. The fourth-order valence-corrected chi connectivity index (χ4v) is 3.44. The lowest BCUT2D eigenvalue weighted by atomic mass is 10.1. The van der Waals surface area contributed by atoms with E-state index in [1.54, 1.807) is 4.68 Å². The highest BCUT2D eigenvalue weighted by molar-refractivity contribution is 6.83. The van der Waals surface area contributed by atoms with E-state index in [1.807, 2.05) is 37.3 Å². The van der Waals surface area contributed by atoms with E-state index in [9.17, 15) is 14.0 Å². The first-order chi connectivity index (χ1) is 14.1. The molecule has 154 valence electrons. The number of nitrogens with zero attached hydrogens (tertiary/aromatic N) is 3. The Morgan fingerprint density at radius 3 is 2.57 bits per heavy atom. The van der Waals surface area contributed by atoms with Crippen LogP contribution in [-0.4, -0.2) is 28.2 Å². The minimum absolute atomic E-state index is 0.268. The highest BCUT2D eigenvalue weighted by Gasteiger charge is 2.17. The van der Waals surface area contributed by atoms with Gasteiger partial charge < -0.3 is 4.57 Å². The van der Waals surface area contributed by atoms with Crippen LogP contribution >= 0.6 is 0 Å². The highest BCUT2D eigenvalue weighted by atomic mass is 28.3. The number of Topliss-reactive ketones (excluding diaryl/α,β-unsaturated/α-hetero) is 1. The molecule has 7 heteroatoms. The summed E-state index contributed by atoms with van der Waals surface area (Å²) in [5.74, 6) is 1.72. The number of aromatic nitrogens is 3. The van der Waals surface area contributed by atoms with Crippen molar-refractivity contribution in [3.05, 3.63) is 87.3 Å². The maximum Gasteiger partial charge on any atom is 0.287 e. The second-order valence-electron chi connectivity index (χ2n) is 8.22. The van der Waals surface area contributed by atoms with Crippen molar-refractivity contribution in [1.29, 1.82) is 0 Å². The van der Waals surface area contributed by atoms with Gasteiger partial charge in [0.05, 0.1) is 24.8 Å². The minimum atomic E-state index is -1.66. The summed E-state index contributed by atoms with van der Waals surface area (Å²) in [5.41, 5.74) is 4.87. The second-order valence-corrected chi connectivity index (χ2v) is 13.0. The zero-order chi connectivity index (χ0) is 21.9. The number of hydrogen-bond acceptors (Lipinski definition) is 3. The lowest BCUT2D eigenvalue weighted by Crippen LogP contribution is -2.27. The maximum atomic E-state index is 14.1. The van der Waals surface area contributed by atoms with Gasteiger partial charge in [-0.25, -0.2) is 4.39 Å².